The van der Waals surface area contributed by atoms with Gasteiger partial charge >= 0.3 is 5.97 Å². The summed E-state index contributed by atoms with van der Waals surface area (Å²) in [6.45, 7) is 4.47. The number of thiazole rings is 1. The van der Waals surface area contributed by atoms with Crippen molar-refractivity contribution in [1.29, 1.82) is 0 Å². The fourth-order valence-corrected chi connectivity index (χ4v) is 6.85. The fourth-order valence-electron chi connectivity index (χ4n) is 5.44. The number of aromatic nitrogens is 1. The summed E-state index contributed by atoms with van der Waals surface area (Å²) in [5.74, 6) is 0.214. The molecule has 244 valence electrons. The average molecular weight is 681 g/mol. The number of nitrogens with zero attached hydrogens (tertiary/aromatic N) is 2. The second-order valence-corrected chi connectivity index (χ2v) is 12.6. The Morgan fingerprint density at radius 1 is 0.938 bits per heavy atom. The van der Waals surface area contributed by atoms with Crippen LogP contribution >= 0.6 is 23.1 Å². The van der Waals surface area contributed by atoms with Crippen LogP contribution in [0.5, 0.6) is 11.5 Å². The van der Waals surface area contributed by atoms with E-state index in [2.05, 4.69) is 0 Å². The predicted molar refractivity (Wildman–Crippen MR) is 188 cm³/mol. The lowest BCUT2D eigenvalue weighted by atomic mass is 9.93. The Bertz CT molecular complexity index is 2140. The summed E-state index contributed by atoms with van der Waals surface area (Å²) in [6, 6.07) is 28.2. The van der Waals surface area contributed by atoms with Gasteiger partial charge in [0.25, 0.3) is 5.56 Å². The third kappa shape index (κ3) is 7.00. The quantitative estimate of drug-likeness (QED) is 0.113. The van der Waals surface area contributed by atoms with Gasteiger partial charge in [0.1, 0.15) is 12.4 Å². The van der Waals surface area contributed by atoms with Crippen molar-refractivity contribution in [2.75, 3.05) is 19.5 Å². The molecule has 0 saturated carbocycles. The van der Waals surface area contributed by atoms with Crippen molar-refractivity contribution in [3.8, 4) is 11.5 Å². The zero-order chi connectivity index (χ0) is 33.6. The van der Waals surface area contributed by atoms with Crippen LogP contribution in [-0.2, 0) is 16.1 Å². The summed E-state index contributed by atoms with van der Waals surface area (Å²) in [4.78, 5) is 34.4. The third-order valence-electron chi connectivity index (χ3n) is 7.68. The van der Waals surface area contributed by atoms with Gasteiger partial charge in [0, 0.05) is 10.5 Å². The van der Waals surface area contributed by atoms with E-state index < -0.39 is 12.0 Å². The number of hydrogen-bond acceptors (Lipinski definition) is 8. The number of carbonyl (C=O) groups is 1. The van der Waals surface area contributed by atoms with Crippen molar-refractivity contribution in [2.45, 2.75) is 31.4 Å². The van der Waals surface area contributed by atoms with Crippen molar-refractivity contribution in [2.24, 2.45) is 4.99 Å². The number of esters is 1. The molecule has 1 aromatic heterocycles. The number of ether oxygens (including phenoxy) is 3. The number of carbonyl (C=O) groups excluding carboxylic acids is 1. The van der Waals surface area contributed by atoms with Crippen LogP contribution in [0, 0.1) is 5.82 Å². The Morgan fingerprint density at radius 2 is 1.69 bits per heavy atom. The SMILES string of the molecule is CCOC(=O)C1=C(c2ccccc2)N=c2s/c(=C\c3ccc(OCc4ccc(F)cc4)c(OCC)c3)c(=O)n2[C@@H]1c1ccc(SC)cc1. The van der Waals surface area contributed by atoms with Crippen LogP contribution < -0.4 is 24.4 Å². The van der Waals surface area contributed by atoms with Gasteiger partial charge in [0.2, 0.25) is 0 Å². The monoisotopic (exact) mass is 680 g/mol. The van der Waals surface area contributed by atoms with E-state index in [1.54, 1.807) is 47.5 Å². The summed E-state index contributed by atoms with van der Waals surface area (Å²) >= 11 is 2.87. The summed E-state index contributed by atoms with van der Waals surface area (Å²) < 4.78 is 32.8. The minimum Gasteiger partial charge on any atom is -0.490 e. The van der Waals surface area contributed by atoms with E-state index in [4.69, 9.17) is 19.2 Å². The van der Waals surface area contributed by atoms with Crippen LogP contribution in [0.4, 0.5) is 4.39 Å². The maximum atomic E-state index is 14.3. The van der Waals surface area contributed by atoms with E-state index >= 15 is 0 Å². The highest BCUT2D eigenvalue weighted by atomic mass is 32.2. The maximum Gasteiger partial charge on any atom is 0.338 e. The highest BCUT2D eigenvalue weighted by Gasteiger charge is 2.35. The number of hydrogen-bond donors (Lipinski definition) is 0. The van der Waals surface area contributed by atoms with Gasteiger partial charge < -0.3 is 14.2 Å². The van der Waals surface area contributed by atoms with Gasteiger partial charge in [-0.25, -0.2) is 14.2 Å². The highest BCUT2D eigenvalue weighted by molar-refractivity contribution is 7.98. The molecule has 5 aromatic rings. The topological polar surface area (TPSA) is 79.1 Å². The first kappa shape index (κ1) is 33.0. The van der Waals surface area contributed by atoms with Gasteiger partial charge in [-0.3, -0.25) is 9.36 Å². The second-order valence-electron chi connectivity index (χ2n) is 10.8. The van der Waals surface area contributed by atoms with Gasteiger partial charge in [-0.1, -0.05) is 72.0 Å². The molecule has 1 aliphatic heterocycles. The highest BCUT2D eigenvalue weighted by Crippen LogP contribution is 2.36. The van der Waals surface area contributed by atoms with E-state index in [9.17, 15) is 14.0 Å². The van der Waals surface area contributed by atoms with Crippen molar-refractivity contribution in [3.63, 3.8) is 0 Å². The van der Waals surface area contributed by atoms with Crippen molar-refractivity contribution in [1.82, 2.24) is 4.57 Å². The lowest BCUT2D eigenvalue weighted by Crippen LogP contribution is -2.40. The second kappa shape index (κ2) is 14.9. The summed E-state index contributed by atoms with van der Waals surface area (Å²) in [7, 11) is 0. The molecular weight excluding hydrogens is 648 g/mol. The molecule has 1 atom stereocenters. The molecule has 0 saturated heterocycles. The normalized spacial score (nSPS) is 14.3. The van der Waals surface area contributed by atoms with Gasteiger partial charge in [-0.15, -0.1) is 11.8 Å². The minimum absolute atomic E-state index is 0.179. The number of fused-ring (bicyclic) bond motifs is 1. The number of benzene rings is 4. The van der Waals surface area contributed by atoms with Gasteiger partial charge in [0.15, 0.2) is 16.3 Å². The number of rotatable bonds is 11. The van der Waals surface area contributed by atoms with Crippen molar-refractivity contribution in [3.05, 3.63) is 150 Å². The van der Waals surface area contributed by atoms with Crippen LogP contribution in [-0.4, -0.2) is 30.0 Å². The van der Waals surface area contributed by atoms with E-state index in [0.717, 1.165) is 27.1 Å². The minimum atomic E-state index is -0.755. The Balaban J connectivity index is 1.47. The lowest BCUT2D eigenvalue weighted by molar-refractivity contribution is -0.138. The van der Waals surface area contributed by atoms with Crippen LogP contribution in [0.1, 0.15) is 42.1 Å². The van der Waals surface area contributed by atoms with Gasteiger partial charge in [-0.2, -0.15) is 0 Å². The molecule has 10 heteroatoms. The smallest absolute Gasteiger partial charge is 0.338 e. The van der Waals surface area contributed by atoms with Crippen molar-refractivity contribution < 1.29 is 23.4 Å². The number of halogens is 1. The Morgan fingerprint density at radius 3 is 2.38 bits per heavy atom. The molecule has 0 amide bonds. The molecule has 48 heavy (non-hydrogen) atoms. The molecule has 2 heterocycles. The van der Waals surface area contributed by atoms with E-state index in [0.29, 0.717) is 38.7 Å². The average Bonchev–Trinajstić information content (AvgIpc) is 3.42. The van der Waals surface area contributed by atoms with Crippen LogP contribution in [0.2, 0.25) is 0 Å². The molecule has 0 fully saturated rings. The first-order valence-electron chi connectivity index (χ1n) is 15.5. The first-order chi connectivity index (χ1) is 23.4. The zero-order valence-electron chi connectivity index (χ0n) is 26.6. The zero-order valence-corrected chi connectivity index (χ0v) is 28.3. The molecule has 0 bridgehead atoms. The summed E-state index contributed by atoms with van der Waals surface area (Å²) in [5, 5.41) is 0. The Labute approximate surface area is 285 Å². The standard InChI is InChI=1S/C38H33FN2O5S2/c1-4-44-31-21-25(13-20-30(31)46-23-24-11-16-28(39)17-12-24)22-32-36(42)41-35(27-14-18-29(47-3)19-15-27)33(37(43)45-5-2)34(40-38(41)48-32)26-9-7-6-8-10-26/h6-22,35H,4-5,23H2,1-3H3/b32-22-/t35-/m1/s1. The first-order valence-corrected chi connectivity index (χ1v) is 17.5. The maximum absolute atomic E-state index is 14.3. The Kier molecular flexibility index (Phi) is 10.2. The molecule has 7 nitrogen and oxygen atoms in total. The molecule has 1 aliphatic rings. The van der Waals surface area contributed by atoms with Crippen molar-refractivity contribution >= 4 is 40.8 Å². The molecule has 0 unspecified atom stereocenters. The predicted octanol–water partition coefficient (Wildman–Crippen LogP) is 6.77. The summed E-state index contributed by atoms with van der Waals surface area (Å²) in [6.07, 6.45) is 3.79. The fraction of sp³-hybridized carbons (Fsp3) is 0.184. The van der Waals surface area contributed by atoms with Crippen LogP contribution in [0.15, 0.2) is 117 Å². The van der Waals surface area contributed by atoms with E-state index in [-0.39, 0.29) is 24.6 Å². The van der Waals surface area contributed by atoms with Gasteiger partial charge in [0.05, 0.1) is 35.1 Å². The van der Waals surface area contributed by atoms with Crippen LogP contribution in [0.25, 0.3) is 11.8 Å². The molecule has 0 N–H and O–H groups in total. The Hall–Kier alpha value is -4.93. The largest absolute Gasteiger partial charge is 0.490 e. The lowest BCUT2D eigenvalue weighted by Gasteiger charge is -2.26. The van der Waals surface area contributed by atoms with Gasteiger partial charge in [-0.05, 0) is 79.3 Å². The number of thioether (sulfide) groups is 1. The molecule has 0 spiro atoms. The molecule has 0 radical (unpaired) electrons. The van der Waals surface area contributed by atoms with E-state index in [1.807, 2.05) is 79.9 Å². The van der Waals surface area contributed by atoms with E-state index in [1.165, 1.54) is 23.5 Å². The summed E-state index contributed by atoms with van der Waals surface area (Å²) in [5.41, 5.74) is 3.57. The molecule has 6 rings (SSSR count). The third-order valence-corrected chi connectivity index (χ3v) is 9.40. The molecular formula is C38H33FN2O5S2. The molecule has 0 aliphatic carbocycles. The van der Waals surface area contributed by atoms with Crippen LogP contribution in [0.3, 0.4) is 0 Å². The molecule has 4 aromatic carbocycles.